The Morgan fingerprint density at radius 2 is 1.97 bits per heavy atom. The number of nitrogens with zero attached hydrogens (tertiary/aromatic N) is 2. The van der Waals surface area contributed by atoms with Crippen LogP contribution < -0.4 is 10.6 Å². The molecule has 1 spiro atoms. The Bertz CT molecular complexity index is 1030. The van der Waals surface area contributed by atoms with Gasteiger partial charge in [-0.3, -0.25) is 19.8 Å². The van der Waals surface area contributed by atoms with Gasteiger partial charge in [-0.25, -0.2) is 4.79 Å². The van der Waals surface area contributed by atoms with Gasteiger partial charge in [-0.15, -0.1) is 11.3 Å². The maximum absolute atomic E-state index is 13.8. The molecule has 2 N–H and O–H groups in total. The zero-order chi connectivity index (χ0) is 25.5. The number of fused-ring (bicyclic) bond motifs is 1. The van der Waals surface area contributed by atoms with Crippen molar-refractivity contribution in [3.8, 4) is 0 Å². The van der Waals surface area contributed by atoms with E-state index in [-0.39, 0.29) is 28.9 Å². The van der Waals surface area contributed by atoms with Crippen LogP contribution in [0.3, 0.4) is 0 Å². The first-order valence-electron chi connectivity index (χ1n) is 13.3. The molecule has 3 saturated heterocycles. The van der Waals surface area contributed by atoms with Crippen molar-refractivity contribution < 1.29 is 19.1 Å². The van der Waals surface area contributed by atoms with Crippen molar-refractivity contribution in [3.63, 3.8) is 0 Å². The molecule has 3 fully saturated rings. The van der Waals surface area contributed by atoms with Gasteiger partial charge in [-0.05, 0) is 70.7 Å². The van der Waals surface area contributed by atoms with E-state index in [4.69, 9.17) is 4.74 Å². The van der Waals surface area contributed by atoms with E-state index >= 15 is 0 Å². The van der Waals surface area contributed by atoms with Gasteiger partial charge < -0.3 is 15.0 Å². The van der Waals surface area contributed by atoms with E-state index < -0.39 is 0 Å². The minimum atomic E-state index is -0.381. The molecule has 1 aromatic rings. The Morgan fingerprint density at radius 3 is 2.67 bits per heavy atom. The molecular formula is C26H38N4O4S2. The number of carbonyl (C=O) groups is 3. The zero-order valence-corrected chi connectivity index (χ0v) is 23.2. The third-order valence-corrected chi connectivity index (χ3v) is 10.4. The van der Waals surface area contributed by atoms with E-state index in [1.807, 2.05) is 37.4 Å². The number of thioether (sulfide) groups is 1. The molecule has 4 aliphatic rings. The smallest absolute Gasteiger partial charge is 0.319 e. The molecule has 198 valence electrons. The second kappa shape index (κ2) is 10.2. The summed E-state index contributed by atoms with van der Waals surface area (Å²) in [6.07, 6.45) is 5.39. The first kappa shape index (κ1) is 25.9. The number of likely N-dealkylation sites (tertiary alicyclic amines) is 2. The van der Waals surface area contributed by atoms with Crippen LogP contribution >= 0.6 is 23.1 Å². The van der Waals surface area contributed by atoms with E-state index in [0.717, 1.165) is 68.7 Å². The first-order valence-corrected chi connectivity index (χ1v) is 15.2. The van der Waals surface area contributed by atoms with Crippen molar-refractivity contribution in [2.75, 3.05) is 43.8 Å². The topological polar surface area (TPSA) is 91.0 Å². The molecule has 0 saturated carbocycles. The molecule has 0 radical (unpaired) electrons. The molecule has 4 aliphatic heterocycles. The third kappa shape index (κ3) is 5.00. The fraction of sp³-hybridized carbons (Fsp3) is 0.731. The number of amides is 3. The number of hydrogen-bond acceptors (Lipinski definition) is 7. The van der Waals surface area contributed by atoms with Gasteiger partial charge >= 0.3 is 12.0 Å². The van der Waals surface area contributed by atoms with Gasteiger partial charge in [-0.1, -0.05) is 0 Å². The minimum Gasteiger partial charge on any atom is -0.459 e. The molecule has 8 nitrogen and oxygen atoms in total. The second-order valence-corrected chi connectivity index (χ2v) is 13.4. The van der Waals surface area contributed by atoms with Crippen LogP contribution in [-0.2, 0) is 21.7 Å². The van der Waals surface area contributed by atoms with E-state index in [1.54, 1.807) is 11.3 Å². The number of urea groups is 1. The predicted molar refractivity (Wildman–Crippen MR) is 144 cm³/mol. The summed E-state index contributed by atoms with van der Waals surface area (Å²) in [6.45, 7) is 9.61. The highest BCUT2D eigenvalue weighted by Crippen LogP contribution is 2.47. The standard InChI is InChI=1S/C26H38N4O4S2/c1-4-27-24(33)28-21-20(18-8-13-35-14-19(18)36-21)22(31)29-11-6-17(7-12-29)30-10-5-9-26(16-30)15-25(2,3)34-23(26)32/h17H,4-16H2,1-3H3,(H2,27,28,33). The molecule has 0 bridgehead atoms. The summed E-state index contributed by atoms with van der Waals surface area (Å²) in [5.74, 6) is 1.91. The molecule has 1 unspecified atom stereocenters. The summed E-state index contributed by atoms with van der Waals surface area (Å²) < 4.78 is 5.71. The summed E-state index contributed by atoms with van der Waals surface area (Å²) in [7, 11) is 0. The molecule has 1 aromatic heterocycles. The van der Waals surface area contributed by atoms with Crippen LogP contribution in [0.2, 0.25) is 0 Å². The van der Waals surface area contributed by atoms with Crippen molar-refractivity contribution >= 4 is 46.0 Å². The van der Waals surface area contributed by atoms with Crippen LogP contribution in [0.5, 0.6) is 0 Å². The average Bonchev–Trinajstić information content (AvgIpc) is 3.31. The molecule has 5 heterocycles. The minimum absolute atomic E-state index is 0.0302. The number of piperidine rings is 2. The molecule has 0 aromatic carbocycles. The summed E-state index contributed by atoms with van der Waals surface area (Å²) in [5, 5.41) is 6.41. The number of carbonyl (C=O) groups excluding carboxylic acids is 3. The molecule has 3 amide bonds. The summed E-state index contributed by atoms with van der Waals surface area (Å²) in [4.78, 5) is 44.5. The van der Waals surface area contributed by atoms with Crippen LogP contribution in [0.1, 0.15) is 73.7 Å². The van der Waals surface area contributed by atoms with Gasteiger partial charge in [0, 0.05) is 49.3 Å². The number of hydrogen-bond donors (Lipinski definition) is 2. The lowest BCUT2D eigenvalue weighted by atomic mass is 9.74. The van der Waals surface area contributed by atoms with Crippen molar-refractivity contribution in [1.82, 2.24) is 15.1 Å². The largest absolute Gasteiger partial charge is 0.459 e. The van der Waals surface area contributed by atoms with Crippen LogP contribution in [0, 0.1) is 5.41 Å². The van der Waals surface area contributed by atoms with Crippen LogP contribution in [0.25, 0.3) is 0 Å². The molecular weight excluding hydrogens is 496 g/mol. The maximum Gasteiger partial charge on any atom is 0.319 e. The highest BCUT2D eigenvalue weighted by Gasteiger charge is 2.54. The molecule has 36 heavy (non-hydrogen) atoms. The Kier molecular flexibility index (Phi) is 7.31. The van der Waals surface area contributed by atoms with Crippen LogP contribution in [-0.4, -0.2) is 77.8 Å². The highest BCUT2D eigenvalue weighted by atomic mass is 32.2. The Morgan fingerprint density at radius 1 is 1.19 bits per heavy atom. The van der Waals surface area contributed by atoms with Gasteiger partial charge in [0.2, 0.25) is 0 Å². The Hall–Kier alpha value is -1.78. The third-order valence-electron chi connectivity index (χ3n) is 8.04. The van der Waals surface area contributed by atoms with Crippen molar-refractivity contribution in [2.45, 2.75) is 76.7 Å². The van der Waals surface area contributed by atoms with Crippen LogP contribution in [0.15, 0.2) is 0 Å². The summed E-state index contributed by atoms with van der Waals surface area (Å²) in [6, 6.07) is 0.118. The number of anilines is 1. The van der Waals surface area contributed by atoms with Gasteiger partial charge in [0.05, 0.1) is 11.0 Å². The fourth-order valence-corrected chi connectivity index (χ4v) is 8.89. The number of ether oxygens (including phenoxy) is 1. The van der Waals surface area contributed by atoms with Gasteiger partial charge in [-0.2, -0.15) is 11.8 Å². The van der Waals surface area contributed by atoms with Gasteiger partial charge in [0.25, 0.3) is 5.91 Å². The fourth-order valence-electron chi connectivity index (χ4n) is 6.52. The summed E-state index contributed by atoms with van der Waals surface area (Å²) in [5.41, 5.74) is 1.07. The highest BCUT2D eigenvalue weighted by molar-refractivity contribution is 7.98. The molecule has 10 heteroatoms. The number of rotatable bonds is 4. The van der Waals surface area contributed by atoms with Gasteiger partial charge in [0.1, 0.15) is 10.6 Å². The SMILES string of the molecule is CCNC(=O)Nc1sc2c(c1C(=O)N1CCC(N3CCCC4(C3)CC(C)(C)OC4=O)CC1)CCSC2. The normalized spacial score (nSPS) is 26.5. The van der Waals surface area contributed by atoms with Crippen molar-refractivity contribution in [2.24, 2.45) is 5.41 Å². The van der Waals surface area contributed by atoms with E-state index in [9.17, 15) is 14.4 Å². The predicted octanol–water partition coefficient (Wildman–Crippen LogP) is 4.09. The lowest BCUT2D eigenvalue weighted by Crippen LogP contribution is -2.53. The number of thiophene rings is 1. The van der Waals surface area contributed by atoms with Crippen molar-refractivity contribution in [1.29, 1.82) is 0 Å². The number of cyclic esters (lactones) is 1. The van der Waals surface area contributed by atoms with Crippen LogP contribution in [0.4, 0.5) is 9.80 Å². The quantitative estimate of drug-likeness (QED) is 0.566. The maximum atomic E-state index is 13.8. The number of esters is 1. The average molecular weight is 535 g/mol. The van der Waals surface area contributed by atoms with E-state index in [1.165, 1.54) is 4.88 Å². The van der Waals surface area contributed by atoms with Crippen molar-refractivity contribution in [3.05, 3.63) is 16.0 Å². The van der Waals surface area contributed by atoms with E-state index in [0.29, 0.717) is 36.2 Å². The second-order valence-electron chi connectivity index (χ2n) is 11.2. The number of nitrogens with one attached hydrogen (secondary N) is 2. The molecule has 5 rings (SSSR count). The molecule has 0 aliphatic carbocycles. The van der Waals surface area contributed by atoms with Gasteiger partial charge in [0.15, 0.2) is 0 Å². The first-order chi connectivity index (χ1) is 17.2. The lowest BCUT2D eigenvalue weighted by Gasteiger charge is -2.45. The zero-order valence-electron chi connectivity index (χ0n) is 21.6. The summed E-state index contributed by atoms with van der Waals surface area (Å²) >= 11 is 3.43. The Labute approximate surface area is 221 Å². The lowest BCUT2D eigenvalue weighted by molar-refractivity contribution is -0.154. The van der Waals surface area contributed by atoms with E-state index in [2.05, 4.69) is 15.5 Å². The monoisotopic (exact) mass is 534 g/mol. The Balaban J connectivity index is 1.26. The molecule has 1 atom stereocenters.